The molecule has 3 aromatic rings. The third kappa shape index (κ3) is 3.74. The zero-order chi connectivity index (χ0) is 21.1. The number of nitrogens with one attached hydrogen (secondary N) is 1. The molecule has 0 unspecified atom stereocenters. The number of benzene rings is 1. The van der Waals surface area contributed by atoms with Crippen LogP contribution in [0.4, 0.5) is 0 Å². The van der Waals surface area contributed by atoms with Gasteiger partial charge >= 0.3 is 5.69 Å². The number of hydrogen-bond donors (Lipinski definition) is 1. The molecule has 0 saturated carbocycles. The van der Waals surface area contributed by atoms with E-state index in [4.69, 9.17) is 9.47 Å². The second-order valence-electron chi connectivity index (χ2n) is 6.15. The van der Waals surface area contributed by atoms with Gasteiger partial charge in [-0.1, -0.05) is 0 Å². The molecule has 0 saturated heterocycles. The van der Waals surface area contributed by atoms with Gasteiger partial charge in [-0.3, -0.25) is 18.7 Å². The summed E-state index contributed by atoms with van der Waals surface area (Å²) in [7, 11) is 5.94. The zero-order valence-electron chi connectivity index (χ0n) is 16.4. The summed E-state index contributed by atoms with van der Waals surface area (Å²) in [6.45, 7) is -0.198. The molecule has 0 radical (unpaired) electrons. The molecule has 3 rings (SSSR count). The van der Waals surface area contributed by atoms with Crippen LogP contribution in [-0.4, -0.2) is 45.0 Å². The van der Waals surface area contributed by atoms with E-state index in [2.05, 4.69) is 15.5 Å². The summed E-state index contributed by atoms with van der Waals surface area (Å²) >= 11 is 0. The van der Waals surface area contributed by atoms with Crippen molar-refractivity contribution in [3.8, 4) is 11.5 Å². The highest BCUT2D eigenvalue weighted by Crippen LogP contribution is 2.22. The smallest absolute Gasteiger partial charge is 0.332 e. The fourth-order valence-corrected chi connectivity index (χ4v) is 2.82. The fourth-order valence-electron chi connectivity index (χ4n) is 2.82. The van der Waals surface area contributed by atoms with Gasteiger partial charge < -0.3 is 14.0 Å². The predicted octanol–water partition coefficient (Wildman–Crippen LogP) is -0.399. The van der Waals surface area contributed by atoms with E-state index in [1.165, 1.54) is 42.9 Å². The first-order valence-corrected chi connectivity index (χ1v) is 8.52. The van der Waals surface area contributed by atoms with Crippen LogP contribution in [0.3, 0.4) is 0 Å². The van der Waals surface area contributed by atoms with Crippen LogP contribution in [0.2, 0.25) is 0 Å². The Bertz CT molecular complexity index is 1220. The van der Waals surface area contributed by atoms with E-state index in [-0.39, 0.29) is 17.7 Å². The van der Waals surface area contributed by atoms with Crippen molar-refractivity contribution < 1.29 is 14.3 Å². The van der Waals surface area contributed by atoms with Crippen LogP contribution < -0.4 is 26.1 Å². The minimum absolute atomic E-state index is 0.156. The Kier molecular flexibility index (Phi) is 5.48. The van der Waals surface area contributed by atoms with E-state index >= 15 is 0 Å². The van der Waals surface area contributed by atoms with E-state index in [1.54, 1.807) is 25.3 Å². The highest BCUT2D eigenvalue weighted by molar-refractivity contribution is 5.86. The van der Waals surface area contributed by atoms with Crippen molar-refractivity contribution in [3.05, 3.63) is 50.9 Å². The van der Waals surface area contributed by atoms with Crippen LogP contribution in [0.5, 0.6) is 11.5 Å². The molecule has 0 atom stereocenters. The number of methoxy groups -OCH3 is 2. The van der Waals surface area contributed by atoms with Gasteiger partial charge in [-0.25, -0.2) is 15.2 Å². The lowest BCUT2D eigenvalue weighted by molar-refractivity contribution is -0.121. The molecular weight excluding hydrogens is 380 g/mol. The van der Waals surface area contributed by atoms with Gasteiger partial charge in [0.05, 0.1) is 26.8 Å². The number of rotatable bonds is 6. The lowest BCUT2D eigenvalue weighted by atomic mass is 10.2. The minimum Gasteiger partial charge on any atom is -0.497 e. The summed E-state index contributed by atoms with van der Waals surface area (Å²) in [5, 5.41) is 3.93. The molecule has 0 fully saturated rings. The van der Waals surface area contributed by atoms with Gasteiger partial charge in [-0.05, 0) is 18.2 Å². The van der Waals surface area contributed by atoms with Crippen LogP contribution in [-0.2, 0) is 25.4 Å². The Morgan fingerprint density at radius 1 is 1.21 bits per heavy atom. The predicted molar refractivity (Wildman–Crippen MR) is 105 cm³/mol. The Morgan fingerprint density at radius 2 is 1.97 bits per heavy atom. The number of nitrogens with zero attached hydrogens (tertiary/aromatic N) is 5. The first-order valence-electron chi connectivity index (χ1n) is 8.52. The van der Waals surface area contributed by atoms with Crippen molar-refractivity contribution in [1.29, 1.82) is 0 Å². The molecule has 0 aliphatic carbocycles. The summed E-state index contributed by atoms with van der Waals surface area (Å²) in [6, 6.07) is 5.18. The Morgan fingerprint density at radius 3 is 2.66 bits per heavy atom. The summed E-state index contributed by atoms with van der Waals surface area (Å²) in [5.74, 6) is 0.706. The monoisotopic (exact) mass is 400 g/mol. The lowest BCUT2D eigenvalue weighted by Gasteiger charge is -2.07. The second-order valence-corrected chi connectivity index (χ2v) is 6.15. The third-order valence-electron chi connectivity index (χ3n) is 4.36. The number of ether oxygens (including phenoxy) is 2. The van der Waals surface area contributed by atoms with Gasteiger partial charge in [0, 0.05) is 19.7 Å². The molecule has 1 aromatic carbocycles. The van der Waals surface area contributed by atoms with Gasteiger partial charge in [0.1, 0.15) is 18.0 Å². The molecule has 2 aromatic heterocycles. The molecule has 1 N–H and O–H groups in total. The molecule has 11 heteroatoms. The maximum absolute atomic E-state index is 12.4. The Labute approximate surface area is 164 Å². The van der Waals surface area contributed by atoms with E-state index in [9.17, 15) is 14.4 Å². The Hall–Kier alpha value is -3.89. The molecule has 0 aliphatic rings. The maximum atomic E-state index is 12.4. The summed E-state index contributed by atoms with van der Waals surface area (Å²) in [5.41, 5.74) is 2.34. The number of hydrazone groups is 1. The van der Waals surface area contributed by atoms with Crippen molar-refractivity contribution in [2.45, 2.75) is 6.54 Å². The molecule has 11 nitrogen and oxygen atoms in total. The number of carbonyl (C=O) groups is 1. The van der Waals surface area contributed by atoms with Crippen LogP contribution in [0.25, 0.3) is 11.2 Å². The summed E-state index contributed by atoms with van der Waals surface area (Å²) in [6.07, 6.45) is 2.76. The topological polar surface area (TPSA) is 122 Å². The number of fused-ring (bicyclic) bond motifs is 1. The number of hydrogen-bond acceptors (Lipinski definition) is 7. The molecule has 29 heavy (non-hydrogen) atoms. The van der Waals surface area contributed by atoms with E-state index in [0.29, 0.717) is 17.1 Å². The molecule has 152 valence electrons. The first kappa shape index (κ1) is 19.9. The standard InChI is InChI=1S/C18H20N6O5/c1-22-16-15(17(26)23(2)18(22)27)24(10-19-16)9-14(25)21-20-8-11-7-12(28-3)5-6-13(11)29-4/h5-8,10H,9H2,1-4H3,(H,21,25). The molecule has 0 bridgehead atoms. The van der Waals surface area contributed by atoms with Crippen LogP contribution in [0, 0.1) is 0 Å². The number of amides is 1. The number of aromatic nitrogens is 4. The lowest BCUT2D eigenvalue weighted by Crippen LogP contribution is -2.38. The van der Waals surface area contributed by atoms with Crippen molar-refractivity contribution in [2.75, 3.05) is 14.2 Å². The minimum atomic E-state index is -0.530. The fraction of sp³-hybridized carbons (Fsp3) is 0.278. The third-order valence-corrected chi connectivity index (χ3v) is 4.36. The normalized spacial score (nSPS) is 11.2. The number of carbonyl (C=O) groups excluding carboxylic acids is 1. The van der Waals surface area contributed by atoms with Crippen molar-refractivity contribution in [3.63, 3.8) is 0 Å². The van der Waals surface area contributed by atoms with Crippen LogP contribution in [0.15, 0.2) is 39.2 Å². The Balaban J connectivity index is 1.80. The largest absolute Gasteiger partial charge is 0.497 e. The summed E-state index contributed by atoms with van der Waals surface area (Å²) < 4.78 is 14.0. The van der Waals surface area contributed by atoms with Gasteiger partial charge in [0.25, 0.3) is 11.5 Å². The number of imidazole rings is 1. The molecule has 0 aliphatic heterocycles. The zero-order valence-corrected chi connectivity index (χ0v) is 16.4. The van der Waals surface area contributed by atoms with Gasteiger partial charge in [0.2, 0.25) is 0 Å². The highest BCUT2D eigenvalue weighted by Gasteiger charge is 2.15. The highest BCUT2D eigenvalue weighted by atomic mass is 16.5. The molecule has 2 heterocycles. The molecular formula is C18H20N6O5. The second kappa shape index (κ2) is 8.00. The number of aryl methyl sites for hydroxylation is 1. The quantitative estimate of drug-likeness (QED) is 0.444. The van der Waals surface area contributed by atoms with Crippen molar-refractivity contribution in [1.82, 2.24) is 24.1 Å². The van der Waals surface area contributed by atoms with Gasteiger partial charge in [0.15, 0.2) is 11.2 Å². The van der Waals surface area contributed by atoms with Crippen molar-refractivity contribution >= 4 is 23.3 Å². The molecule has 1 amide bonds. The van der Waals surface area contributed by atoms with E-state index in [0.717, 1.165) is 4.57 Å². The maximum Gasteiger partial charge on any atom is 0.332 e. The average Bonchev–Trinajstić information content (AvgIpc) is 3.14. The first-order chi connectivity index (χ1) is 13.9. The van der Waals surface area contributed by atoms with Gasteiger partial charge in [-0.2, -0.15) is 5.10 Å². The van der Waals surface area contributed by atoms with Crippen LogP contribution >= 0.6 is 0 Å². The average molecular weight is 400 g/mol. The summed E-state index contributed by atoms with van der Waals surface area (Å²) in [4.78, 5) is 40.7. The SMILES string of the molecule is COc1ccc(OC)c(C=NNC(=O)Cn2cnc3c2c(=O)n(C)c(=O)n3C)c1. The molecule has 0 spiro atoms. The van der Waals surface area contributed by atoms with E-state index < -0.39 is 17.2 Å². The van der Waals surface area contributed by atoms with Gasteiger partial charge in [-0.15, -0.1) is 0 Å². The van der Waals surface area contributed by atoms with Crippen molar-refractivity contribution in [2.24, 2.45) is 19.2 Å². The van der Waals surface area contributed by atoms with Crippen LogP contribution in [0.1, 0.15) is 5.56 Å². The van der Waals surface area contributed by atoms with E-state index in [1.807, 2.05) is 0 Å².